The first kappa shape index (κ1) is 39.4. The first-order chi connectivity index (χ1) is 23.4. The number of amides is 3. The molecule has 0 aliphatic heterocycles. The summed E-state index contributed by atoms with van der Waals surface area (Å²) in [4.78, 5) is 49.6. The van der Waals surface area contributed by atoms with E-state index in [1.54, 1.807) is 20.8 Å². The molecule has 1 atom stereocenters. The second kappa shape index (κ2) is 20.4. The molecule has 49 heavy (non-hydrogen) atoms. The van der Waals surface area contributed by atoms with E-state index in [9.17, 15) is 19.2 Å². The van der Waals surface area contributed by atoms with Crippen molar-refractivity contribution in [2.45, 2.75) is 129 Å². The van der Waals surface area contributed by atoms with Crippen molar-refractivity contribution < 1.29 is 33.4 Å². The van der Waals surface area contributed by atoms with Gasteiger partial charge < -0.3 is 30.2 Å². The number of hydrogen-bond donors (Lipinski definition) is 3. The van der Waals surface area contributed by atoms with Crippen LogP contribution in [0.2, 0.25) is 0 Å². The van der Waals surface area contributed by atoms with E-state index in [4.69, 9.17) is 14.2 Å². The Morgan fingerprint density at radius 3 is 1.88 bits per heavy atom. The lowest BCUT2D eigenvalue weighted by Gasteiger charge is -2.23. The van der Waals surface area contributed by atoms with Gasteiger partial charge in [-0.05, 0) is 89.0 Å². The normalized spacial score (nSPS) is 12.9. The van der Waals surface area contributed by atoms with Crippen molar-refractivity contribution in [2.75, 3.05) is 19.7 Å². The second-order valence-electron chi connectivity index (χ2n) is 14.0. The lowest BCUT2D eigenvalue weighted by atomic mass is 9.98. The van der Waals surface area contributed by atoms with E-state index in [-0.39, 0.29) is 30.5 Å². The molecule has 3 N–H and O–H groups in total. The minimum atomic E-state index is -0.744. The lowest BCUT2D eigenvalue weighted by Crippen LogP contribution is -2.48. The maximum atomic E-state index is 13.0. The van der Waals surface area contributed by atoms with Gasteiger partial charge in [-0.1, -0.05) is 80.6 Å². The summed E-state index contributed by atoms with van der Waals surface area (Å²) < 4.78 is 16.2. The standard InChI is InChI=1S/C39H57N3O7/c1-28(2)48-35(43)24-11-9-7-6-8-10-17-25-40-36(44)34(42-38(46)49-39(3,4)5)23-16-18-26-41-37(45)47-27-33-31-21-14-12-19-29(31)30-20-13-15-22-32(30)33/h12-15,19-22,28,33-34H,6-11,16-18,23-27H2,1-5H3,(H,40,44)(H,41,45)(H,42,46). The molecule has 0 radical (unpaired) electrons. The van der Waals surface area contributed by atoms with Crippen LogP contribution in [0.5, 0.6) is 0 Å². The first-order valence-electron chi connectivity index (χ1n) is 18.0. The minimum absolute atomic E-state index is 0.00501. The third-order valence-corrected chi connectivity index (χ3v) is 8.26. The quantitative estimate of drug-likeness (QED) is 0.0740. The fourth-order valence-electron chi connectivity index (χ4n) is 5.97. The Bertz CT molecular complexity index is 1310. The van der Waals surface area contributed by atoms with Crippen molar-refractivity contribution in [1.82, 2.24) is 16.0 Å². The summed E-state index contributed by atoms with van der Waals surface area (Å²) in [7, 11) is 0. The van der Waals surface area contributed by atoms with Gasteiger partial charge in [-0.15, -0.1) is 0 Å². The van der Waals surface area contributed by atoms with Gasteiger partial charge in [-0.3, -0.25) is 9.59 Å². The van der Waals surface area contributed by atoms with Gasteiger partial charge in [0.05, 0.1) is 6.10 Å². The predicted molar refractivity (Wildman–Crippen MR) is 191 cm³/mol. The van der Waals surface area contributed by atoms with E-state index in [1.165, 1.54) is 11.1 Å². The molecule has 2 aromatic carbocycles. The lowest BCUT2D eigenvalue weighted by molar-refractivity contribution is -0.147. The molecule has 1 aliphatic rings. The van der Waals surface area contributed by atoms with E-state index >= 15 is 0 Å². The SMILES string of the molecule is CC(C)OC(=O)CCCCCCCCCNC(=O)C(CCCCNC(=O)OCC1c2ccccc2-c2ccccc21)NC(=O)OC(C)(C)C. The van der Waals surface area contributed by atoms with Crippen LogP contribution < -0.4 is 16.0 Å². The number of unbranched alkanes of at least 4 members (excludes halogenated alkanes) is 7. The molecule has 0 saturated heterocycles. The Balaban J connectivity index is 1.33. The summed E-state index contributed by atoms with van der Waals surface area (Å²) in [6.07, 6.45) is 7.80. The number of esters is 1. The van der Waals surface area contributed by atoms with Gasteiger partial charge in [0.15, 0.2) is 0 Å². The molecule has 1 unspecified atom stereocenters. The summed E-state index contributed by atoms with van der Waals surface area (Å²) in [5.41, 5.74) is 3.99. The Labute approximate surface area is 292 Å². The molecule has 0 aromatic heterocycles. The highest BCUT2D eigenvalue weighted by molar-refractivity contribution is 5.85. The third kappa shape index (κ3) is 14.5. The van der Waals surface area contributed by atoms with Gasteiger partial charge in [-0.25, -0.2) is 9.59 Å². The van der Waals surface area contributed by atoms with Crippen LogP contribution in [0.25, 0.3) is 11.1 Å². The zero-order valence-corrected chi connectivity index (χ0v) is 30.1. The van der Waals surface area contributed by atoms with Gasteiger partial charge in [0.25, 0.3) is 0 Å². The number of hydrogen-bond acceptors (Lipinski definition) is 7. The van der Waals surface area contributed by atoms with Crippen LogP contribution in [0.4, 0.5) is 9.59 Å². The monoisotopic (exact) mass is 679 g/mol. The predicted octanol–water partition coefficient (Wildman–Crippen LogP) is 7.78. The minimum Gasteiger partial charge on any atom is -0.463 e. The van der Waals surface area contributed by atoms with Crippen LogP contribution >= 0.6 is 0 Å². The Hall–Kier alpha value is -4.08. The van der Waals surface area contributed by atoms with E-state index in [1.807, 2.05) is 38.1 Å². The van der Waals surface area contributed by atoms with Crippen LogP contribution in [0, 0.1) is 0 Å². The smallest absolute Gasteiger partial charge is 0.408 e. The molecule has 3 rings (SSSR count). The van der Waals surface area contributed by atoms with Gasteiger partial charge in [-0.2, -0.15) is 0 Å². The Morgan fingerprint density at radius 1 is 0.714 bits per heavy atom. The largest absolute Gasteiger partial charge is 0.463 e. The fourth-order valence-corrected chi connectivity index (χ4v) is 5.97. The number of carbonyl (C=O) groups is 4. The van der Waals surface area contributed by atoms with E-state index in [2.05, 4.69) is 40.2 Å². The van der Waals surface area contributed by atoms with E-state index < -0.39 is 23.8 Å². The van der Waals surface area contributed by atoms with Crippen molar-refractivity contribution in [1.29, 1.82) is 0 Å². The number of carbonyl (C=O) groups excluding carboxylic acids is 4. The van der Waals surface area contributed by atoms with Gasteiger partial charge in [0.1, 0.15) is 18.2 Å². The number of rotatable bonds is 20. The van der Waals surface area contributed by atoms with Crippen LogP contribution in [0.1, 0.15) is 122 Å². The molecule has 0 bridgehead atoms. The average molecular weight is 680 g/mol. The topological polar surface area (TPSA) is 132 Å². The number of nitrogens with one attached hydrogen (secondary N) is 3. The van der Waals surface area contributed by atoms with Crippen molar-refractivity contribution in [3.63, 3.8) is 0 Å². The Morgan fingerprint density at radius 2 is 1.27 bits per heavy atom. The van der Waals surface area contributed by atoms with E-state index in [0.717, 1.165) is 56.1 Å². The highest BCUT2D eigenvalue weighted by atomic mass is 16.6. The molecule has 10 heteroatoms. The number of ether oxygens (including phenoxy) is 3. The van der Waals surface area contributed by atoms with Crippen molar-refractivity contribution in [3.05, 3.63) is 59.7 Å². The summed E-state index contributed by atoms with van der Waals surface area (Å²) in [5.74, 6) is -0.381. The molecule has 0 saturated carbocycles. The highest BCUT2D eigenvalue weighted by Crippen LogP contribution is 2.44. The molecule has 0 spiro atoms. The van der Waals surface area contributed by atoms with Crippen LogP contribution in [0.3, 0.4) is 0 Å². The maximum absolute atomic E-state index is 13.0. The molecule has 0 fully saturated rings. The number of alkyl carbamates (subject to hydrolysis) is 2. The number of fused-ring (bicyclic) bond motifs is 3. The summed E-state index contributed by atoms with van der Waals surface area (Å²) in [6.45, 7) is 10.2. The third-order valence-electron chi connectivity index (χ3n) is 8.26. The van der Waals surface area contributed by atoms with Crippen LogP contribution in [-0.4, -0.2) is 61.5 Å². The first-order valence-corrected chi connectivity index (χ1v) is 18.0. The average Bonchev–Trinajstić information content (AvgIpc) is 3.36. The molecule has 3 amide bonds. The van der Waals surface area contributed by atoms with Crippen molar-refractivity contribution in [3.8, 4) is 11.1 Å². The highest BCUT2D eigenvalue weighted by Gasteiger charge is 2.29. The Kier molecular flexibility index (Phi) is 16.4. The maximum Gasteiger partial charge on any atom is 0.408 e. The zero-order valence-electron chi connectivity index (χ0n) is 30.1. The van der Waals surface area contributed by atoms with Crippen molar-refractivity contribution in [2.24, 2.45) is 0 Å². The van der Waals surface area contributed by atoms with Gasteiger partial charge >= 0.3 is 18.2 Å². The van der Waals surface area contributed by atoms with Gasteiger partial charge in [0, 0.05) is 25.4 Å². The number of benzene rings is 2. The molecule has 2 aromatic rings. The van der Waals surface area contributed by atoms with Crippen LogP contribution in [-0.2, 0) is 23.8 Å². The molecule has 10 nitrogen and oxygen atoms in total. The van der Waals surface area contributed by atoms with E-state index in [0.29, 0.717) is 38.8 Å². The zero-order chi connectivity index (χ0) is 35.6. The van der Waals surface area contributed by atoms with Crippen molar-refractivity contribution >= 4 is 24.1 Å². The van der Waals surface area contributed by atoms with Crippen LogP contribution in [0.15, 0.2) is 48.5 Å². The molecular formula is C39H57N3O7. The molecular weight excluding hydrogens is 622 g/mol. The fraction of sp³-hybridized carbons (Fsp3) is 0.590. The van der Waals surface area contributed by atoms with Gasteiger partial charge in [0.2, 0.25) is 5.91 Å². The summed E-state index contributed by atoms with van der Waals surface area (Å²) in [6, 6.07) is 15.7. The molecule has 270 valence electrons. The second-order valence-corrected chi connectivity index (χ2v) is 14.0. The summed E-state index contributed by atoms with van der Waals surface area (Å²) >= 11 is 0. The molecule has 0 heterocycles. The summed E-state index contributed by atoms with van der Waals surface area (Å²) in [5, 5.41) is 8.49. The molecule has 1 aliphatic carbocycles.